The number of hydrazone groups is 1. The molecule has 0 heterocycles. The smallest absolute Gasteiger partial charge is 0.318 e. The van der Waals surface area contributed by atoms with Crippen LogP contribution in [0.2, 0.25) is 0 Å². The number of nitrogens with one attached hydrogen (secondary N) is 2. The second kappa shape index (κ2) is 7.97. The number of anilines is 1. The Kier molecular flexibility index (Phi) is 5.74. The highest BCUT2D eigenvalue weighted by Crippen LogP contribution is 2.14. The minimum Gasteiger partial charge on any atom is -0.318 e. The lowest BCUT2D eigenvalue weighted by atomic mass is 10.2. The van der Waals surface area contributed by atoms with Gasteiger partial charge in [0.2, 0.25) is 0 Å². The highest BCUT2D eigenvalue weighted by atomic mass is 79.9. The Balaban J connectivity index is 1.88. The predicted molar refractivity (Wildman–Crippen MR) is 91.6 cm³/mol. The van der Waals surface area contributed by atoms with E-state index >= 15 is 0 Å². The normalized spacial score (nSPS) is 10.4. The first-order chi connectivity index (χ1) is 11.5. The number of nitro benzene ring substituents is 1. The van der Waals surface area contributed by atoms with Crippen LogP contribution in [0.15, 0.2) is 58.1 Å². The maximum absolute atomic E-state index is 11.7. The monoisotopic (exact) mass is 390 g/mol. The van der Waals surface area contributed by atoms with Crippen LogP contribution in [0.3, 0.4) is 0 Å². The zero-order valence-corrected chi connectivity index (χ0v) is 13.7. The van der Waals surface area contributed by atoms with Crippen LogP contribution in [0.1, 0.15) is 5.56 Å². The Morgan fingerprint density at radius 1 is 1.04 bits per heavy atom. The summed E-state index contributed by atoms with van der Waals surface area (Å²) >= 11 is 3.26. The minimum atomic E-state index is -0.934. The van der Waals surface area contributed by atoms with Crippen LogP contribution in [0.25, 0.3) is 0 Å². The Labute approximate surface area is 144 Å². The van der Waals surface area contributed by atoms with Gasteiger partial charge in [-0.25, -0.2) is 5.43 Å². The van der Waals surface area contributed by atoms with Crippen molar-refractivity contribution in [2.24, 2.45) is 5.10 Å². The summed E-state index contributed by atoms with van der Waals surface area (Å²) in [4.78, 5) is 33.3. The molecule has 8 nitrogen and oxygen atoms in total. The fourth-order valence-corrected chi connectivity index (χ4v) is 1.88. The van der Waals surface area contributed by atoms with Gasteiger partial charge in [-0.2, -0.15) is 5.10 Å². The Morgan fingerprint density at radius 2 is 1.67 bits per heavy atom. The number of non-ortho nitro benzene ring substituents is 1. The van der Waals surface area contributed by atoms with Crippen molar-refractivity contribution in [1.82, 2.24) is 5.43 Å². The maximum atomic E-state index is 11.7. The molecule has 2 amide bonds. The van der Waals surface area contributed by atoms with E-state index in [1.54, 1.807) is 24.3 Å². The summed E-state index contributed by atoms with van der Waals surface area (Å²) in [6.45, 7) is 0. The summed E-state index contributed by atoms with van der Waals surface area (Å²) in [6.07, 6.45) is 1.27. The molecule has 0 bridgehead atoms. The average molecular weight is 391 g/mol. The molecule has 122 valence electrons. The minimum absolute atomic E-state index is 0.0509. The first-order valence-electron chi connectivity index (χ1n) is 6.60. The zero-order chi connectivity index (χ0) is 17.5. The molecule has 0 spiro atoms. The molecule has 2 aromatic carbocycles. The fraction of sp³-hybridized carbons (Fsp3) is 0. The van der Waals surface area contributed by atoms with E-state index in [0.717, 1.165) is 4.47 Å². The van der Waals surface area contributed by atoms with Crippen LogP contribution in [0.4, 0.5) is 11.4 Å². The van der Waals surface area contributed by atoms with E-state index < -0.39 is 16.7 Å². The van der Waals surface area contributed by atoms with E-state index in [0.29, 0.717) is 11.3 Å². The first kappa shape index (κ1) is 17.3. The van der Waals surface area contributed by atoms with Gasteiger partial charge in [-0.05, 0) is 42.0 Å². The largest absolute Gasteiger partial charge is 0.329 e. The molecule has 24 heavy (non-hydrogen) atoms. The lowest BCUT2D eigenvalue weighted by molar-refractivity contribution is -0.384. The quantitative estimate of drug-likeness (QED) is 0.361. The number of nitro groups is 1. The molecule has 0 aliphatic carbocycles. The highest BCUT2D eigenvalue weighted by molar-refractivity contribution is 9.10. The van der Waals surface area contributed by atoms with Crippen molar-refractivity contribution in [2.45, 2.75) is 0 Å². The SMILES string of the molecule is O=C(NN=Cc1ccc([N+](=O)[O-])cc1)C(=O)Nc1ccc(Br)cc1. The molecular formula is C15H11BrN4O4. The Bertz CT molecular complexity index is 788. The van der Waals surface area contributed by atoms with Gasteiger partial charge >= 0.3 is 11.8 Å². The number of rotatable bonds is 4. The van der Waals surface area contributed by atoms with Crippen molar-refractivity contribution in [1.29, 1.82) is 0 Å². The Morgan fingerprint density at radius 3 is 2.25 bits per heavy atom. The molecule has 0 unspecified atom stereocenters. The van der Waals surface area contributed by atoms with E-state index in [1.165, 1.54) is 30.5 Å². The third-order valence-corrected chi connectivity index (χ3v) is 3.32. The molecule has 0 saturated heterocycles. The molecule has 0 fully saturated rings. The third-order valence-electron chi connectivity index (χ3n) is 2.79. The number of hydrogen-bond acceptors (Lipinski definition) is 5. The molecular weight excluding hydrogens is 380 g/mol. The van der Waals surface area contributed by atoms with Crippen molar-refractivity contribution >= 4 is 45.3 Å². The standard InChI is InChI=1S/C15H11BrN4O4/c16-11-3-5-12(6-4-11)18-14(21)15(22)19-17-9-10-1-7-13(8-2-10)20(23)24/h1-9H,(H,18,21)(H,19,22). The molecule has 2 rings (SSSR count). The number of carbonyl (C=O) groups excluding carboxylic acids is 2. The van der Waals surface area contributed by atoms with E-state index in [-0.39, 0.29) is 5.69 Å². The molecule has 2 aromatic rings. The summed E-state index contributed by atoms with van der Waals surface area (Å²) in [5.74, 6) is -1.80. The fourth-order valence-electron chi connectivity index (χ4n) is 1.62. The summed E-state index contributed by atoms with van der Waals surface area (Å²) < 4.78 is 0.845. The van der Waals surface area contributed by atoms with Gasteiger partial charge < -0.3 is 5.32 Å². The van der Waals surface area contributed by atoms with E-state index in [2.05, 4.69) is 31.8 Å². The van der Waals surface area contributed by atoms with Crippen LogP contribution in [0.5, 0.6) is 0 Å². The molecule has 0 aromatic heterocycles. The number of benzene rings is 2. The topological polar surface area (TPSA) is 114 Å². The second-order valence-electron chi connectivity index (χ2n) is 4.51. The summed E-state index contributed by atoms with van der Waals surface area (Å²) in [5.41, 5.74) is 3.03. The van der Waals surface area contributed by atoms with Gasteiger partial charge in [0, 0.05) is 22.3 Å². The predicted octanol–water partition coefficient (Wildman–Crippen LogP) is 2.45. The van der Waals surface area contributed by atoms with Crippen molar-refractivity contribution in [3.63, 3.8) is 0 Å². The average Bonchev–Trinajstić information content (AvgIpc) is 2.57. The first-order valence-corrected chi connectivity index (χ1v) is 7.39. The highest BCUT2D eigenvalue weighted by Gasteiger charge is 2.12. The second-order valence-corrected chi connectivity index (χ2v) is 5.42. The Hall–Kier alpha value is -3.07. The van der Waals surface area contributed by atoms with Gasteiger partial charge in [0.1, 0.15) is 0 Å². The lowest BCUT2D eigenvalue weighted by Crippen LogP contribution is -2.32. The number of hydrogen-bond donors (Lipinski definition) is 2. The number of halogens is 1. The van der Waals surface area contributed by atoms with E-state index in [9.17, 15) is 19.7 Å². The maximum Gasteiger partial charge on any atom is 0.329 e. The van der Waals surface area contributed by atoms with Gasteiger partial charge in [-0.15, -0.1) is 0 Å². The molecule has 0 saturated carbocycles. The molecule has 0 aliphatic rings. The van der Waals surface area contributed by atoms with Gasteiger partial charge in [0.25, 0.3) is 5.69 Å². The van der Waals surface area contributed by atoms with Crippen LogP contribution < -0.4 is 10.7 Å². The van der Waals surface area contributed by atoms with Crippen LogP contribution in [-0.2, 0) is 9.59 Å². The van der Waals surface area contributed by atoms with Gasteiger partial charge in [0.15, 0.2) is 0 Å². The molecule has 9 heteroatoms. The molecule has 0 radical (unpaired) electrons. The van der Waals surface area contributed by atoms with Crippen molar-refractivity contribution in [3.8, 4) is 0 Å². The molecule has 2 N–H and O–H groups in total. The van der Waals surface area contributed by atoms with Crippen LogP contribution in [-0.4, -0.2) is 23.0 Å². The van der Waals surface area contributed by atoms with Crippen molar-refractivity contribution in [2.75, 3.05) is 5.32 Å². The van der Waals surface area contributed by atoms with Crippen LogP contribution >= 0.6 is 15.9 Å². The van der Waals surface area contributed by atoms with Crippen molar-refractivity contribution < 1.29 is 14.5 Å². The van der Waals surface area contributed by atoms with Gasteiger partial charge in [-0.1, -0.05) is 15.9 Å². The molecule has 0 aliphatic heterocycles. The van der Waals surface area contributed by atoms with Crippen LogP contribution in [0, 0.1) is 10.1 Å². The summed E-state index contributed by atoms with van der Waals surface area (Å²) in [5, 5.41) is 16.6. The number of amides is 2. The number of carbonyl (C=O) groups is 2. The van der Waals surface area contributed by atoms with E-state index in [4.69, 9.17) is 0 Å². The van der Waals surface area contributed by atoms with Gasteiger partial charge in [-0.3, -0.25) is 19.7 Å². The summed E-state index contributed by atoms with van der Waals surface area (Å²) in [7, 11) is 0. The van der Waals surface area contributed by atoms with Crippen molar-refractivity contribution in [3.05, 3.63) is 68.7 Å². The zero-order valence-electron chi connectivity index (χ0n) is 12.1. The van der Waals surface area contributed by atoms with Gasteiger partial charge in [0.05, 0.1) is 11.1 Å². The third kappa shape index (κ3) is 4.99. The lowest BCUT2D eigenvalue weighted by Gasteiger charge is -2.03. The van der Waals surface area contributed by atoms with E-state index in [1.807, 2.05) is 0 Å². The molecule has 0 atom stereocenters. The summed E-state index contributed by atoms with van der Waals surface area (Å²) in [6, 6.07) is 12.3. The number of nitrogens with zero attached hydrogens (tertiary/aromatic N) is 2.